The summed E-state index contributed by atoms with van der Waals surface area (Å²) in [6.07, 6.45) is 0.319. The SMILES string of the molecule is CCOC(=O)Cc1ccc(-c2ccc(CCl)cc2)cc1. The molecule has 2 nitrogen and oxygen atoms in total. The van der Waals surface area contributed by atoms with Crippen LogP contribution in [0.25, 0.3) is 11.1 Å². The molecule has 0 radical (unpaired) electrons. The van der Waals surface area contributed by atoms with Gasteiger partial charge in [-0.25, -0.2) is 0 Å². The third kappa shape index (κ3) is 3.84. The molecule has 0 atom stereocenters. The third-order valence-electron chi connectivity index (χ3n) is 3.05. The first-order valence-electron chi connectivity index (χ1n) is 6.62. The van der Waals surface area contributed by atoms with Crippen LogP contribution < -0.4 is 0 Å². The molecule has 0 spiro atoms. The molecule has 0 aliphatic carbocycles. The van der Waals surface area contributed by atoms with Crippen LogP contribution in [-0.2, 0) is 21.8 Å². The summed E-state index contributed by atoms with van der Waals surface area (Å²) >= 11 is 5.78. The normalized spacial score (nSPS) is 10.3. The zero-order chi connectivity index (χ0) is 14.4. The fourth-order valence-corrected chi connectivity index (χ4v) is 2.16. The number of hydrogen-bond donors (Lipinski definition) is 0. The van der Waals surface area contributed by atoms with Crippen molar-refractivity contribution < 1.29 is 9.53 Å². The minimum atomic E-state index is -0.188. The van der Waals surface area contributed by atoms with Gasteiger partial charge in [-0.05, 0) is 29.2 Å². The van der Waals surface area contributed by atoms with Gasteiger partial charge in [0.15, 0.2) is 0 Å². The number of alkyl halides is 1. The summed E-state index contributed by atoms with van der Waals surface area (Å²) in [6.45, 7) is 2.23. The number of esters is 1. The second-order valence-electron chi connectivity index (χ2n) is 4.51. The van der Waals surface area contributed by atoms with Crippen LogP contribution in [0.5, 0.6) is 0 Å². The number of hydrogen-bond acceptors (Lipinski definition) is 2. The number of carbonyl (C=O) groups is 1. The van der Waals surface area contributed by atoms with Crippen molar-refractivity contribution in [3.05, 3.63) is 59.7 Å². The van der Waals surface area contributed by atoms with E-state index in [1.54, 1.807) is 0 Å². The van der Waals surface area contributed by atoms with Gasteiger partial charge in [-0.3, -0.25) is 4.79 Å². The van der Waals surface area contributed by atoms with Crippen LogP contribution in [-0.4, -0.2) is 12.6 Å². The van der Waals surface area contributed by atoms with Crippen molar-refractivity contribution in [3.63, 3.8) is 0 Å². The molecule has 20 heavy (non-hydrogen) atoms. The molecule has 0 aliphatic rings. The number of halogens is 1. The van der Waals surface area contributed by atoms with E-state index < -0.39 is 0 Å². The van der Waals surface area contributed by atoms with Crippen molar-refractivity contribution in [1.82, 2.24) is 0 Å². The maximum atomic E-state index is 11.4. The standard InChI is InChI=1S/C17H17ClO2/c1-2-20-17(19)11-13-3-7-15(8-4-13)16-9-5-14(12-18)6-10-16/h3-10H,2,11-12H2,1H3. The molecule has 0 fully saturated rings. The minimum Gasteiger partial charge on any atom is -0.466 e. The average Bonchev–Trinajstić information content (AvgIpc) is 2.48. The number of carbonyl (C=O) groups excluding carboxylic acids is 1. The lowest BCUT2D eigenvalue weighted by Crippen LogP contribution is -2.07. The van der Waals surface area contributed by atoms with Crippen LogP contribution in [0.4, 0.5) is 0 Å². The Morgan fingerprint density at radius 2 is 1.45 bits per heavy atom. The molecule has 0 unspecified atom stereocenters. The van der Waals surface area contributed by atoms with Crippen LogP contribution in [0, 0.1) is 0 Å². The van der Waals surface area contributed by atoms with Gasteiger partial charge in [-0.15, -0.1) is 11.6 Å². The highest BCUT2D eigenvalue weighted by molar-refractivity contribution is 6.17. The number of ether oxygens (including phenoxy) is 1. The first kappa shape index (κ1) is 14.6. The largest absolute Gasteiger partial charge is 0.466 e. The zero-order valence-corrected chi connectivity index (χ0v) is 12.2. The highest BCUT2D eigenvalue weighted by Crippen LogP contribution is 2.21. The molecule has 0 N–H and O–H groups in total. The highest BCUT2D eigenvalue weighted by atomic mass is 35.5. The first-order chi connectivity index (χ1) is 9.72. The summed E-state index contributed by atoms with van der Waals surface area (Å²) in [7, 11) is 0. The highest BCUT2D eigenvalue weighted by Gasteiger charge is 2.04. The van der Waals surface area contributed by atoms with Gasteiger partial charge >= 0.3 is 5.97 Å². The third-order valence-corrected chi connectivity index (χ3v) is 3.36. The molecule has 2 rings (SSSR count). The Bertz CT molecular complexity index is 559. The van der Waals surface area contributed by atoms with E-state index >= 15 is 0 Å². The van der Waals surface area contributed by atoms with Crippen molar-refractivity contribution >= 4 is 17.6 Å². The maximum Gasteiger partial charge on any atom is 0.310 e. The molecule has 0 saturated carbocycles. The van der Waals surface area contributed by atoms with Crippen LogP contribution in [0.15, 0.2) is 48.5 Å². The van der Waals surface area contributed by atoms with Crippen LogP contribution in [0.3, 0.4) is 0 Å². The van der Waals surface area contributed by atoms with Crippen molar-refractivity contribution in [2.45, 2.75) is 19.2 Å². The molecule has 3 heteroatoms. The smallest absolute Gasteiger partial charge is 0.310 e. The summed E-state index contributed by atoms with van der Waals surface area (Å²) in [5, 5.41) is 0. The molecule has 104 valence electrons. The van der Waals surface area contributed by atoms with E-state index in [1.807, 2.05) is 43.3 Å². The second kappa shape index (κ2) is 7.11. The van der Waals surface area contributed by atoms with E-state index in [9.17, 15) is 4.79 Å². The van der Waals surface area contributed by atoms with Gasteiger partial charge < -0.3 is 4.74 Å². The van der Waals surface area contributed by atoms with Gasteiger partial charge in [0.2, 0.25) is 0 Å². The van der Waals surface area contributed by atoms with E-state index in [0.29, 0.717) is 18.9 Å². The molecular formula is C17H17ClO2. The van der Waals surface area contributed by atoms with Gasteiger partial charge in [0.1, 0.15) is 0 Å². The maximum absolute atomic E-state index is 11.4. The Kier molecular flexibility index (Phi) is 5.19. The molecule has 0 heterocycles. The van der Waals surface area contributed by atoms with E-state index in [4.69, 9.17) is 16.3 Å². The Morgan fingerprint density at radius 1 is 0.950 bits per heavy atom. The Balaban J connectivity index is 2.08. The van der Waals surface area contributed by atoms with Crippen molar-refractivity contribution in [2.24, 2.45) is 0 Å². The predicted molar refractivity (Wildman–Crippen MR) is 81.8 cm³/mol. The molecule has 0 aromatic heterocycles. The lowest BCUT2D eigenvalue weighted by Gasteiger charge is -2.05. The number of benzene rings is 2. The molecular weight excluding hydrogens is 272 g/mol. The monoisotopic (exact) mass is 288 g/mol. The summed E-state index contributed by atoms with van der Waals surface area (Å²) in [4.78, 5) is 11.4. The Hall–Kier alpha value is -1.80. The van der Waals surface area contributed by atoms with E-state index in [2.05, 4.69) is 12.1 Å². The van der Waals surface area contributed by atoms with Crippen molar-refractivity contribution in [2.75, 3.05) is 6.61 Å². The van der Waals surface area contributed by atoms with Crippen LogP contribution in [0.2, 0.25) is 0 Å². The molecule has 0 amide bonds. The van der Waals surface area contributed by atoms with Gasteiger partial charge in [0.05, 0.1) is 13.0 Å². The quantitative estimate of drug-likeness (QED) is 0.609. The summed E-state index contributed by atoms with van der Waals surface area (Å²) < 4.78 is 4.93. The molecule has 2 aromatic carbocycles. The lowest BCUT2D eigenvalue weighted by molar-refractivity contribution is -0.142. The van der Waals surface area contributed by atoms with E-state index in [1.165, 1.54) is 0 Å². The fourth-order valence-electron chi connectivity index (χ4n) is 1.98. The summed E-state index contributed by atoms with van der Waals surface area (Å²) in [5.74, 6) is 0.338. The summed E-state index contributed by atoms with van der Waals surface area (Å²) in [6, 6.07) is 16.1. The Labute approximate surface area is 124 Å². The minimum absolute atomic E-state index is 0.188. The first-order valence-corrected chi connectivity index (χ1v) is 7.16. The molecule has 0 aliphatic heterocycles. The van der Waals surface area contributed by atoms with Crippen LogP contribution >= 0.6 is 11.6 Å². The fraction of sp³-hybridized carbons (Fsp3) is 0.235. The molecule has 2 aromatic rings. The van der Waals surface area contributed by atoms with Gasteiger partial charge in [0, 0.05) is 5.88 Å². The van der Waals surface area contributed by atoms with Crippen molar-refractivity contribution in [1.29, 1.82) is 0 Å². The summed E-state index contributed by atoms with van der Waals surface area (Å²) in [5.41, 5.74) is 4.33. The molecule has 0 bridgehead atoms. The zero-order valence-electron chi connectivity index (χ0n) is 11.4. The van der Waals surface area contributed by atoms with E-state index in [-0.39, 0.29) is 5.97 Å². The lowest BCUT2D eigenvalue weighted by atomic mass is 10.0. The van der Waals surface area contributed by atoms with E-state index in [0.717, 1.165) is 22.3 Å². The number of rotatable bonds is 5. The van der Waals surface area contributed by atoms with Crippen LogP contribution in [0.1, 0.15) is 18.1 Å². The van der Waals surface area contributed by atoms with Gasteiger partial charge in [-0.1, -0.05) is 48.5 Å². The predicted octanol–water partition coefficient (Wildman–Crippen LogP) is 4.20. The second-order valence-corrected chi connectivity index (χ2v) is 4.78. The van der Waals surface area contributed by atoms with Gasteiger partial charge in [-0.2, -0.15) is 0 Å². The average molecular weight is 289 g/mol. The van der Waals surface area contributed by atoms with Crippen molar-refractivity contribution in [3.8, 4) is 11.1 Å². The molecule has 0 saturated heterocycles. The Morgan fingerprint density at radius 3 is 1.90 bits per heavy atom. The topological polar surface area (TPSA) is 26.3 Å². The van der Waals surface area contributed by atoms with Gasteiger partial charge in [0.25, 0.3) is 0 Å².